The first-order chi connectivity index (χ1) is 9.86. The van der Waals surface area contributed by atoms with Crippen molar-refractivity contribution >= 4 is 23.5 Å². The summed E-state index contributed by atoms with van der Waals surface area (Å²) >= 11 is 4.10. The Balaban J connectivity index is 2.33. The number of thioether (sulfide) groups is 2. The van der Waals surface area contributed by atoms with E-state index in [1.807, 2.05) is 0 Å². The Morgan fingerprint density at radius 2 is 1.00 bits per heavy atom. The van der Waals surface area contributed by atoms with Crippen molar-refractivity contribution in [1.82, 2.24) is 0 Å². The van der Waals surface area contributed by atoms with Gasteiger partial charge in [0.2, 0.25) is 0 Å². The van der Waals surface area contributed by atoms with Crippen molar-refractivity contribution in [3.05, 3.63) is 71.8 Å². The molecule has 106 valence electrons. The minimum absolute atomic E-state index is 0.522. The molecule has 0 radical (unpaired) electrons. The van der Waals surface area contributed by atoms with Gasteiger partial charge in [-0.1, -0.05) is 74.5 Å². The molecule has 0 amide bonds. The zero-order valence-electron chi connectivity index (χ0n) is 12.2. The topological polar surface area (TPSA) is 0 Å². The van der Waals surface area contributed by atoms with Crippen LogP contribution in [0.4, 0.5) is 0 Å². The predicted octanol–water partition coefficient (Wildman–Crippen LogP) is 5.98. The number of hydrogen-bond donors (Lipinski definition) is 0. The molecular formula is C18H22S2. The van der Waals surface area contributed by atoms with Crippen LogP contribution in [-0.2, 0) is 0 Å². The summed E-state index contributed by atoms with van der Waals surface area (Å²) in [4.78, 5) is 0. The van der Waals surface area contributed by atoms with Gasteiger partial charge >= 0.3 is 0 Å². The maximum atomic E-state index is 2.26. The Kier molecular flexibility index (Phi) is 6.55. The molecule has 0 bridgehead atoms. The fourth-order valence-electron chi connectivity index (χ4n) is 2.36. The molecule has 0 N–H and O–H groups in total. The molecule has 20 heavy (non-hydrogen) atoms. The number of benzene rings is 2. The zero-order chi connectivity index (χ0) is 14.2. The van der Waals surface area contributed by atoms with E-state index in [-0.39, 0.29) is 0 Å². The maximum absolute atomic E-state index is 2.26. The standard InChI is InChI=1S/C18H22S2/c1-3-19-17(15-11-7-5-8-12-15)18(20-4-2)16-13-9-6-10-14-16/h5-14,17-18H,3-4H2,1-2H3/t17-,18-/m0/s1. The highest BCUT2D eigenvalue weighted by molar-refractivity contribution is 8.03. The van der Waals surface area contributed by atoms with Crippen molar-refractivity contribution in [1.29, 1.82) is 0 Å². The molecule has 2 aromatic carbocycles. The van der Waals surface area contributed by atoms with E-state index in [1.165, 1.54) is 11.1 Å². The van der Waals surface area contributed by atoms with E-state index < -0.39 is 0 Å². The van der Waals surface area contributed by atoms with Gasteiger partial charge in [0.05, 0.1) is 0 Å². The van der Waals surface area contributed by atoms with E-state index >= 15 is 0 Å². The van der Waals surface area contributed by atoms with Crippen molar-refractivity contribution in [2.24, 2.45) is 0 Å². The average Bonchev–Trinajstić information content (AvgIpc) is 2.52. The van der Waals surface area contributed by atoms with Gasteiger partial charge in [-0.25, -0.2) is 0 Å². The Bertz CT molecular complexity index is 434. The van der Waals surface area contributed by atoms with Gasteiger partial charge in [-0.3, -0.25) is 0 Å². The SMILES string of the molecule is CCS[C@@H](c1ccccc1)[C@@H](SCC)c1ccccc1. The molecule has 0 spiro atoms. The smallest absolute Gasteiger partial charge is 0.0456 e. The summed E-state index contributed by atoms with van der Waals surface area (Å²) in [6, 6.07) is 21.9. The molecule has 0 heterocycles. The van der Waals surface area contributed by atoms with E-state index in [1.54, 1.807) is 0 Å². The van der Waals surface area contributed by atoms with Gasteiger partial charge in [-0.15, -0.1) is 0 Å². The molecule has 0 aliphatic carbocycles. The molecular weight excluding hydrogens is 280 g/mol. The molecule has 0 nitrogen and oxygen atoms in total. The zero-order valence-corrected chi connectivity index (χ0v) is 13.8. The van der Waals surface area contributed by atoms with Crippen molar-refractivity contribution in [3.8, 4) is 0 Å². The van der Waals surface area contributed by atoms with Gasteiger partial charge < -0.3 is 0 Å². The fraction of sp³-hybridized carbons (Fsp3) is 0.333. The monoisotopic (exact) mass is 302 g/mol. The number of hydrogen-bond acceptors (Lipinski definition) is 2. The van der Waals surface area contributed by atoms with Crippen molar-refractivity contribution in [3.63, 3.8) is 0 Å². The molecule has 0 aliphatic heterocycles. The second kappa shape index (κ2) is 8.43. The van der Waals surface area contributed by atoms with Gasteiger partial charge in [0.1, 0.15) is 0 Å². The lowest BCUT2D eigenvalue weighted by Gasteiger charge is -2.27. The van der Waals surface area contributed by atoms with Crippen molar-refractivity contribution in [2.75, 3.05) is 11.5 Å². The summed E-state index contributed by atoms with van der Waals surface area (Å²) in [5.74, 6) is 2.29. The van der Waals surface area contributed by atoms with Crippen molar-refractivity contribution in [2.45, 2.75) is 24.3 Å². The molecule has 2 rings (SSSR count). The van der Waals surface area contributed by atoms with E-state index in [9.17, 15) is 0 Å². The first-order valence-electron chi connectivity index (χ1n) is 7.20. The van der Waals surface area contributed by atoms with Crippen LogP contribution in [0.3, 0.4) is 0 Å². The van der Waals surface area contributed by atoms with E-state index in [0.717, 1.165) is 11.5 Å². The summed E-state index contributed by atoms with van der Waals surface area (Å²) in [5.41, 5.74) is 2.88. The molecule has 0 aromatic heterocycles. The molecule has 2 atom stereocenters. The summed E-state index contributed by atoms with van der Waals surface area (Å²) < 4.78 is 0. The van der Waals surface area contributed by atoms with Crippen LogP contribution >= 0.6 is 23.5 Å². The third-order valence-electron chi connectivity index (χ3n) is 3.22. The summed E-state index contributed by atoms with van der Waals surface area (Å²) in [5, 5.41) is 1.04. The minimum atomic E-state index is 0.522. The minimum Gasteiger partial charge on any atom is -0.153 e. The van der Waals surface area contributed by atoms with Crippen LogP contribution in [0.2, 0.25) is 0 Å². The van der Waals surface area contributed by atoms with E-state index in [2.05, 4.69) is 98.0 Å². The summed E-state index contributed by atoms with van der Waals surface area (Å²) in [6.45, 7) is 4.50. The Morgan fingerprint density at radius 3 is 1.30 bits per heavy atom. The van der Waals surface area contributed by atoms with Crippen LogP contribution in [0.5, 0.6) is 0 Å². The predicted molar refractivity (Wildman–Crippen MR) is 94.6 cm³/mol. The van der Waals surface area contributed by atoms with Crippen LogP contribution in [0.1, 0.15) is 35.5 Å². The van der Waals surface area contributed by atoms with Gasteiger partial charge in [-0.2, -0.15) is 23.5 Å². The second-order valence-corrected chi connectivity index (χ2v) is 7.41. The highest BCUT2D eigenvalue weighted by Gasteiger charge is 2.24. The lowest BCUT2D eigenvalue weighted by atomic mass is 10.0. The lowest BCUT2D eigenvalue weighted by Crippen LogP contribution is -2.06. The van der Waals surface area contributed by atoms with Gasteiger partial charge in [0.25, 0.3) is 0 Å². The van der Waals surface area contributed by atoms with Crippen LogP contribution in [0, 0.1) is 0 Å². The first kappa shape index (κ1) is 15.5. The van der Waals surface area contributed by atoms with Gasteiger partial charge in [0, 0.05) is 10.5 Å². The molecule has 0 aliphatic rings. The molecule has 0 fully saturated rings. The normalized spacial score (nSPS) is 13.9. The third kappa shape index (κ3) is 4.07. The second-order valence-electron chi connectivity index (χ2n) is 4.57. The average molecular weight is 303 g/mol. The largest absolute Gasteiger partial charge is 0.153 e. The Hall–Kier alpha value is -0.860. The van der Waals surface area contributed by atoms with Crippen LogP contribution in [-0.4, -0.2) is 11.5 Å². The fourth-order valence-corrected chi connectivity index (χ4v) is 4.91. The third-order valence-corrected chi connectivity index (χ3v) is 5.87. The van der Waals surface area contributed by atoms with Crippen LogP contribution in [0.15, 0.2) is 60.7 Å². The molecule has 0 unspecified atom stereocenters. The lowest BCUT2D eigenvalue weighted by molar-refractivity contribution is 0.905. The highest BCUT2D eigenvalue weighted by Crippen LogP contribution is 2.47. The number of rotatable bonds is 7. The van der Waals surface area contributed by atoms with Crippen molar-refractivity contribution < 1.29 is 0 Å². The van der Waals surface area contributed by atoms with Crippen LogP contribution < -0.4 is 0 Å². The maximum Gasteiger partial charge on any atom is 0.0456 e. The molecule has 2 aromatic rings. The van der Waals surface area contributed by atoms with E-state index in [0.29, 0.717) is 10.5 Å². The first-order valence-corrected chi connectivity index (χ1v) is 9.29. The van der Waals surface area contributed by atoms with Gasteiger partial charge in [0.15, 0.2) is 0 Å². The Morgan fingerprint density at radius 1 is 0.650 bits per heavy atom. The molecule has 0 saturated carbocycles. The van der Waals surface area contributed by atoms with Crippen LogP contribution in [0.25, 0.3) is 0 Å². The van der Waals surface area contributed by atoms with Gasteiger partial charge in [-0.05, 0) is 22.6 Å². The Labute approximate surface area is 131 Å². The molecule has 2 heteroatoms. The highest BCUT2D eigenvalue weighted by atomic mass is 32.2. The molecule has 0 saturated heterocycles. The quantitative estimate of drug-likeness (QED) is 0.617. The summed E-state index contributed by atoms with van der Waals surface area (Å²) in [6.07, 6.45) is 0. The van der Waals surface area contributed by atoms with E-state index in [4.69, 9.17) is 0 Å². The summed E-state index contributed by atoms with van der Waals surface area (Å²) in [7, 11) is 0.